The highest BCUT2D eigenvalue weighted by atomic mass is 32.1. The van der Waals surface area contributed by atoms with Gasteiger partial charge in [-0.25, -0.2) is 0 Å². The van der Waals surface area contributed by atoms with Crippen LogP contribution in [0.3, 0.4) is 0 Å². The summed E-state index contributed by atoms with van der Waals surface area (Å²) in [5, 5.41) is 4.17. The molecular weight excluding hydrogens is 368 g/mol. The molecule has 1 aliphatic heterocycles. The van der Waals surface area contributed by atoms with Crippen molar-refractivity contribution in [3.8, 4) is 5.75 Å². The van der Waals surface area contributed by atoms with Gasteiger partial charge in [-0.1, -0.05) is 25.5 Å². The van der Waals surface area contributed by atoms with Gasteiger partial charge >= 0.3 is 0 Å². The Labute approximate surface area is 173 Å². The molecule has 1 aromatic carbocycles. The zero-order valence-corrected chi connectivity index (χ0v) is 17.5. The number of ether oxygens (including phenoxy) is 1. The van der Waals surface area contributed by atoms with Crippen molar-refractivity contribution in [1.29, 1.82) is 0 Å². The molecule has 0 amide bonds. The van der Waals surface area contributed by atoms with Gasteiger partial charge in [0.25, 0.3) is 0 Å². The Kier molecular flexibility index (Phi) is 6.00. The van der Waals surface area contributed by atoms with Gasteiger partial charge in [0.15, 0.2) is 10.9 Å². The number of allylic oxidation sites excluding steroid dienone is 1. The summed E-state index contributed by atoms with van der Waals surface area (Å²) in [5.74, 6) is 1.18. The molecule has 1 saturated carbocycles. The molecule has 2 aliphatic carbocycles. The molecule has 0 saturated heterocycles. The lowest BCUT2D eigenvalue weighted by molar-refractivity contribution is -0.116. The molecule has 28 heavy (non-hydrogen) atoms. The molecule has 1 heterocycles. The molecule has 150 valence electrons. The van der Waals surface area contributed by atoms with E-state index in [0.717, 1.165) is 66.3 Å². The number of hydrogen-bond donors (Lipinski definition) is 1. The van der Waals surface area contributed by atoms with Crippen molar-refractivity contribution in [2.75, 3.05) is 6.54 Å². The predicted octanol–water partition coefficient (Wildman–Crippen LogP) is 5.05. The minimum Gasteiger partial charge on any atom is -0.490 e. The highest BCUT2D eigenvalue weighted by Crippen LogP contribution is 2.38. The first-order chi connectivity index (χ1) is 13.7. The number of nitrogens with one attached hydrogen (secondary N) is 1. The lowest BCUT2D eigenvalue weighted by Gasteiger charge is -2.41. The standard InChI is InChI=1S/C23H30N2O2S/c1-2-15-25-19-9-6-10-20(26)21(19)22(24-23(25)28)16-11-13-18(14-12-16)27-17-7-4-3-5-8-17/h11-14,17,22H,2-10,15H2,1H3,(H,24,28). The second-order valence-electron chi connectivity index (χ2n) is 8.12. The Bertz CT molecular complexity index is 765. The minimum absolute atomic E-state index is 0.146. The fraction of sp³-hybridized carbons (Fsp3) is 0.565. The SMILES string of the molecule is CCCN1C(=S)NC(c2ccc(OC3CCCCC3)cc2)C2=C1CCCC2=O. The summed E-state index contributed by atoms with van der Waals surface area (Å²) in [5.41, 5.74) is 3.13. The van der Waals surface area contributed by atoms with E-state index < -0.39 is 0 Å². The number of Topliss-reactive ketones (excluding diaryl/α,β-unsaturated/α-hetero) is 1. The molecule has 1 aromatic rings. The van der Waals surface area contributed by atoms with Crippen molar-refractivity contribution in [3.63, 3.8) is 0 Å². The summed E-state index contributed by atoms with van der Waals surface area (Å²) >= 11 is 5.66. The van der Waals surface area contributed by atoms with E-state index in [4.69, 9.17) is 17.0 Å². The van der Waals surface area contributed by atoms with E-state index in [2.05, 4.69) is 29.3 Å². The van der Waals surface area contributed by atoms with Gasteiger partial charge in [0.1, 0.15) is 5.75 Å². The maximum atomic E-state index is 12.8. The highest BCUT2D eigenvalue weighted by molar-refractivity contribution is 7.80. The van der Waals surface area contributed by atoms with Gasteiger partial charge in [-0.3, -0.25) is 4.79 Å². The van der Waals surface area contributed by atoms with Crippen LogP contribution in [0.2, 0.25) is 0 Å². The molecule has 5 heteroatoms. The van der Waals surface area contributed by atoms with E-state index in [1.54, 1.807) is 0 Å². The average molecular weight is 399 g/mol. The second-order valence-corrected chi connectivity index (χ2v) is 8.50. The van der Waals surface area contributed by atoms with Crippen LogP contribution in [-0.2, 0) is 4.79 Å². The van der Waals surface area contributed by atoms with Gasteiger partial charge in [0, 0.05) is 24.2 Å². The Morgan fingerprint density at radius 1 is 1.11 bits per heavy atom. The summed E-state index contributed by atoms with van der Waals surface area (Å²) in [7, 11) is 0. The van der Waals surface area contributed by atoms with Gasteiger partial charge in [0.2, 0.25) is 0 Å². The van der Waals surface area contributed by atoms with Crippen molar-refractivity contribution in [1.82, 2.24) is 10.2 Å². The van der Waals surface area contributed by atoms with E-state index in [9.17, 15) is 4.79 Å². The fourth-order valence-corrected chi connectivity index (χ4v) is 4.99. The van der Waals surface area contributed by atoms with Gasteiger partial charge < -0.3 is 15.0 Å². The van der Waals surface area contributed by atoms with E-state index in [1.165, 1.54) is 19.3 Å². The number of nitrogens with zero attached hydrogens (tertiary/aromatic N) is 1. The lowest BCUT2D eigenvalue weighted by atomic mass is 9.84. The number of ketones is 1. The Morgan fingerprint density at radius 2 is 1.86 bits per heavy atom. The molecule has 1 unspecified atom stereocenters. The number of benzene rings is 1. The first-order valence-electron chi connectivity index (χ1n) is 10.8. The van der Waals surface area contributed by atoms with E-state index in [0.29, 0.717) is 12.5 Å². The maximum absolute atomic E-state index is 12.8. The molecule has 1 N–H and O–H groups in total. The van der Waals surface area contributed by atoms with Crippen LogP contribution < -0.4 is 10.1 Å². The van der Waals surface area contributed by atoms with Crippen LogP contribution in [0, 0.1) is 0 Å². The number of carbonyl (C=O) groups is 1. The Hall–Kier alpha value is -1.88. The van der Waals surface area contributed by atoms with Crippen LogP contribution in [0.4, 0.5) is 0 Å². The summed E-state index contributed by atoms with van der Waals surface area (Å²) in [6.45, 7) is 3.00. The van der Waals surface area contributed by atoms with Gasteiger partial charge in [0.05, 0.1) is 12.1 Å². The highest BCUT2D eigenvalue weighted by Gasteiger charge is 2.36. The van der Waals surface area contributed by atoms with E-state index in [1.807, 2.05) is 12.1 Å². The third-order valence-corrected chi connectivity index (χ3v) is 6.41. The largest absolute Gasteiger partial charge is 0.490 e. The van der Waals surface area contributed by atoms with Crippen LogP contribution in [0.15, 0.2) is 35.5 Å². The van der Waals surface area contributed by atoms with Crippen LogP contribution in [0.25, 0.3) is 0 Å². The van der Waals surface area contributed by atoms with Crippen LogP contribution in [0.1, 0.15) is 76.3 Å². The monoisotopic (exact) mass is 398 g/mol. The zero-order valence-electron chi connectivity index (χ0n) is 16.7. The third-order valence-electron chi connectivity index (χ3n) is 6.07. The van der Waals surface area contributed by atoms with Crippen molar-refractivity contribution in [2.45, 2.75) is 76.9 Å². The average Bonchev–Trinajstić information content (AvgIpc) is 2.71. The van der Waals surface area contributed by atoms with E-state index in [-0.39, 0.29) is 11.8 Å². The fourth-order valence-electron chi connectivity index (χ4n) is 4.68. The van der Waals surface area contributed by atoms with Gasteiger partial charge in [-0.15, -0.1) is 0 Å². The molecule has 4 rings (SSSR count). The smallest absolute Gasteiger partial charge is 0.173 e. The minimum atomic E-state index is -0.146. The molecule has 0 bridgehead atoms. The number of rotatable bonds is 5. The normalized spacial score (nSPS) is 23.5. The first kappa shape index (κ1) is 19.4. The number of thiocarbonyl (C=S) groups is 1. The predicted molar refractivity (Wildman–Crippen MR) is 115 cm³/mol. The summed E-state index contributed by atoms with van der Waals surface area (Å²) in [6, 6.07) is 8.11. The van der Waals surface area contributed by atoms with Crippen molar-refractivity contribution < 1.29 is 9.53 Å². The van der Waals surface area contributed by atoms with Gasteiger partial charge in [-0.05, 0) is 74.9 Å². The molecular formula is C23H30N2O2S. The van der Waals surface area contributed by atoms with Crippen LogP contribution >= 0.6 is 12.2 Å². The van der Waals surface area contributed by atoms with Crippen molar-refractivity contribution >= 4 is 23.1 Å². The van der Waals surface area contributed by atoms with Crippen molar-refractivity contribution in [2.24, 2.45) is 0 Å². The first-order valence-corrected chi connectivity index (χ1v) is 11.2. The summed E-state index contributed by atoms with van der Waals surface area (Å²) in [6.07, 6.45) is 9.99. The molecule has 1 atom stereocenters. The molecule has 1 fully saturated rings. The number of carbonyl (C=O) groups excluding carboxylic acids is 1. The van der Waals surface area contributed by atoms with Crippen LogP contribution in [0.5, 0.6) is 5.75 Å². The molecule has 4 nitrogen and oxygen atoms in total. The number of hydrogen-bond acceptors (Lipinski definition) is 3. The lowest BCUT2D eigenvalue weighted by Crippen LogP contribution is -2.49. The van der Waals surface area contributed by atoms with E-state index >= 15 is 0 Å². The van der Waals surface area contributed by atoms with Crippen LogP contribution in [-0.4, -0.2) is 28.4 Å². The van der Waals surface area contributed by atoms with Crippen molar-refractivity contribution in [3.05, 3.63) is 41.1 Å². The third kappa shape index (κ3) is 3.95. The second kappa shape index (κ2) is 8.64. The summed E-state index contributed by atoms with van der Waals surface area (Å²) < 4.78 is 6.16. The molecule has 0 spiro atoms. The Morgan fingerprint density at radius 3 is 2.57 bits per heavy atom. The molecule has 0 radical (unpaired) electrons. The molecule has 3 aliphatic rings. The Balaban J connectivity index is 1.58. The summed E-state index contributed by atoms with van der Waals surface area (Å²) in [4.78, 5) is 14.9. The van der Waals surface area contributed by atoms with Gasteiger partial charge in [-0.2, -0.15) is 0 Å². The topological polar surface area (TPSA) is 41.6 Å². The quantitative estimate of drug-likeness (QED) is 0.703. The zero-order chi connectivity index (χ0) is 19.5. The molecule has 0 aromatic heterocycles. The maximum Gasteiger partial charge on any atom is 0.173 e.